The zero-order valence-electron chi connectivity index (χ0n) is 10.8. The van der Waals surface area contributed by atoms with Crippen LogP contribution < -0.4 is 0 Å². The number of carbonyl (C=O) groups is 1. The Morgan fingerprint density at radius 3 is 2.56 bits per heavy atom. The number of hydrogen-bond acceptors (Lipinski definition) is 2. The zero-order chi connectivity index (χ0) is 12.6. The van der Waals surface area contributed by atoms with E-state index >= 15 is 0 Å². The Balaban J connectivity index is 1.73. The van der Waals surface area contributed by atoms with Crippen molar-refractivity contribution >= 4 is 11.9 Å². The molecule has 2 rings (SSSR count). The van der Waals surface area contributed by atoms with Gasteiger partial charge in [0.1, 0.15) is 0 Å². The first-order chi connectivity index (χ1) is 8.84. The van der Waals surface area contributed by atoms with E-state index in [0.717, 1.165) is 25.2 Å². The molecular weight excluding hydrogens is 222 g/mol. The fraction of sp³-hybridized carbons (Fsp3) is 0.438. The number of allylic oxidation sites excluding steroid dienone is 1. The highest BCUT2D eigenvalue weighted by molar-refractivity contribution is 5.93. The van der Waals surface area contributed by atoms with Gasteiger partial charge in [-0.25, -0.2) is 0 Å². The average Bonchev–Trinajstić information content (AvgIpc) is 2.45. The zero-order valence-corrected chi connectivity index (χ0v) is 10.8. The predicted molar refractivity (Wildman–Crippen MR) is 75.4 cm³/mol. The Bertz CT molecular complexity index is 391. The van der Waals surface area contributed by atoms with Crippen LogP contribution in [-0.4, -0.2) is 30.3 Å². The molecule has 1 heterocycles. The summed E-state index contributed by atoms with van der Waals surface area (Å²) in [4.78, 5) is 14.1. The number of benzene rings is 1. The van der Waals surface area contributed by atoms with Crippen molar-refractivity contribution < 1.29 is 4.79 Å². The van der Waals surface area contributed by atoms with E-state index in [9.17, 15) is 4.79 Å². The summed E-state index contributed by atoms with van der Waals surface area (Å²) in [6.45, 7) is 3.24. The van der Waals surface area contributed by atoms with Gasteiger partial charge in [-0.2, -0.15) is 0 Å². The van der Waals surface area contributed by atoms with E-state index < -0.39 is 0 Å². The predicted octanol–water partition coefficient (Wildman–Crippen LogP) is 3.14. The molecule has 0 amide bonds. The minimum atomic E-state index is 0.226. The van der Waals surface area contributed by atoms with Gasteiger partial charge in [-0.3, -0.25) is 4.79 Å². The maximum absolute atomic E-state index is 11.7. The van der Waals surface area contributed by atoms with Gasteiger partial charge < -0.3 is 4.90 Å². The fourth-order valence-electron chi connectivity index (χ4n) is 2.29. The van der Waals surface area contributed by atoms with Crippen LogP contribution in [0.3, 0.4) is 0 Å². The van der Waals surface area contributed by atoms with E-state index in [1.165, 1.54) is 19.3 Å². The van der Waals surface area contributed by atoms with E-state index in [4.69, 9.17) is 0 Å². The van der Waals surface area contributed by atoms with Crippen LogP contribution in [-0.2, 0) is 4.79 Å². The summed E-state index contributed by atoms with van der Waals surface area (Å²) in [6.07, 6.45) is 8.17. The number of likely N-dealkylation sites (tertiary alicyclic amines) is 1. The Morgan fingerprint density at radius 1 is 1.11 bits per heavy atom. The van der Waals surface area contributed by atoms with E-state index in [1.54, 1.807) is 6.08 Å². The number of nitrogens with zero attached hydrogens (tertiary/aromatic N) is 1. The van der Waals surface area contributed by atoms with Gasteiger partial charge in [0.2, 0.25) is 0 Å². The van der Waals surface area contributed by atoms with Crippen molar-refractivity contribution in [1.82, 2.24) is 4.90 Å². The second-order valence-electron chi connectivity index (χ2n) is 4.86. The molecule has 18 heavy (non-hydrogen) atoms. The van der Waals surface area contributed by atoms with E-state index in [1.807, 2.05) is 36.4 Å². The molecule has 0 bridgehead atoms. The minimum Gasteiger partial charge on any atom is -0.303 e. The summed E-state index contributed by atoms with van der Waals surface area (Å²) in [7, 11) is 0. The Kier molecular flexibility index (Phi) is 5.15. The molecule has 2 heteroatoms. The maximum atomic E-state index is 11.7. The van der Waals surface area contributed by atoms with Gasteiger partial charge in [-0.05, 0) is 37.6 Å². The summed E-state index contributed by atoms with van der Waals surface area (Å²) < 4.78 is 0. The van der Waals surface area contributed by atoms with Crippen molar-refractivity contribution in [2.45, 2.75) is 25.7 Å². The van der Waals surface area contributed by atoms with Crippen molar-refractivity contribution in [2.75, 3.05) is 19.6 Å². The van der Waals surface area contributed by atoms with Crippen LogP contribution in [0.2, 0.25) is 0 Å². The smallest absolute Gasteiger partial charge is 0.156 e. The van der Waals surface area contributed by atoms with Crippen molar-refractivity contribution in [3.05, 3.63) is 42.0 Å². The second kappa shape index (κ2) is 7.12. The molecule has 1 aliphatic heterocycles. The molecule has 0 spiro atoms. The normalized spacial score (nSPS) is 17.1. The number of piperidine rings is 1. The molecule has 1 aliphatic rings. The van der Waals surface area contributed by atoms with Crippen LogP contribution in [0.5, 0.6) is 0 Å². The van der Waals surface area contributed by atoms with Crippen molar-refractivity contribution in [3.8, 4) is 0 Å². The van der Waals surface area contributed by atoms with Gasteiger partial charge in [0.15, 0.2) is 5.78 Å². The molecule has 96 valence electrons. The quantitative estimate of drug-likeness (QED) is 0.740. The van der Waals surface area contributed by atoms with E-state index in [0.29, 0.717) is 6.42 Å². The second-order valence-corrected chi connectivity index (χ2v) is 4.86. The number of rotatable bonds is 5. The fourth-order valence-corrected chi connectivity index (χ4v) is 2.29. The van der Waals surface area contributed by atoms with Gasteiger partial charge in [0.25, 0.3) is 0 Å². The molecule has 2 nitrogen and oxygen atoms in total. The monoisotopic (exact) mass is 243 g/mol. The Labute approximate surface area is 109 Å². The third-order valence-corrected chi connectivity index (χ3v) is 3.38. The molecule has 0 aliphatic carbocycles. The number of hydrogen-bond donors (Lipinski definition) is 0. The highest BCUT2D eigenvalue weighted by atomic mass is 16.1. The van der Waals surface area contributed by atoms with Crippen LogP contribution in [0, 0.1) is 0 Å². The topological polar surface area (TPSA) is 20.3 Å². The van der Waals surface area contributed by atoms with Gasteiger partial charge in [-0.1, -0.05) is 42.8 Å². The molecule has 0 atom stereocenters. The summed E-state index contributed by atoms with van der Waals surface area (Å²) in [6, 6.07) is 9.97. The molecule has 0 unspecified atom stereocenters. The number of ketones is 1. The van der Waals surface area contributed by atoms with Crippen LogP contribution in [0.15, 0.2) is 36.4 Å². The van der Waals surface area contributed by atoms with Gasteiger partial charge in [0.05, 0.1) is 0 Å². The lowest BCUT2D eigenvalue weighted by molar-refractivity contribution is -0.114. The van der Waals surface area contributed by atoms with E-state index in [2.05, 4.69) is 4.90 Å². The summed E-state index contributed by atoms with van der Waals surface area (Å²) in [5.41, 5.74) is 1.09. The van der Waals surface area contributed by atoms with Crippen LogP contribution in [0.25, 0.3) is 6.08 Å². The standard InChI is InChI=1S/C16H21NO/c18-16(10-9-15-7-3-1-4-8-15)11-14-17-12-5-2-6-13-17/h1,3-4,7-10H,2,5-6,11-14H2. The SMILES string of the molecule is O=C(C=Cc1ccccc1)CCN1CCCCC1. The molecule has 1 saturated heterocycles. The molecule has 1 aromatic rings. The molecule has 1 fully saturated rings. The first kappa shape index (κ1) is 13.0. The van der Waals surface area contributed by atoms with Crippen molar-refractivity contribution in [1.29, 1.82) is 0 Å². The molecule has 0 aromatic heterocycles. The van der Waals surface area contributed by atoms with Crippen molar-refractivity contribution in [3.63, 3.8) is 0 Å². The van der Waals surface area contributed by atoms with Crippen molar-refractivity contribution in [2.24, 2.45) is 0 Å². The minimum absolute atomic E-state index is 0.226. The highest BCUT2D eigenvalue weighted by Gasteiger charge is 2.10. The van der Waals surface area contributed by atoms with Crippen LogP contribution in [0.1, 0.15) is 31.2 Å². The lowest BCUT2D eigenvalue weighted by Gasteiger charge is -2.25. The Morgan fingerprint density at radius 2 is 1.83 bits per heavy atom. The number of carbonyl (C=O) groups excluding carboxylic acids is 1. The molecule has 0 radical (unpaired) electrons. The van der Waals surface area contributed by atoms with Gasteiger partial charge >= 0.3 is 0 Å². The van der Waals surface area contributed by atoms with Crippen LogP contribution >= 0.6 is 0 Å². The third-order valence-electron chi connectivity index (χ3n) is 3.38. The Hall–Kier alpha value is -1.41. The lowest BCUT2D eigenvalue weighted by atomic mass is 10.1. The van der Waals surface area contributed by atoms with Gasteiger partial charge in [0, 0.05) is 13.0 Å². The first-order valence-corrected chi connectivity index (χ1v) is 6.83. The summed E-state index contributed by atoms with van der Waals surface area (Å²) in [5.74, 6) is 0.226. The molecule has 0 saturated carbocycles. The largest absolute Gasteiger partial charge is 0.303 e. The van der Waals surface area contributed by atoms with E-state index in [-0.39, 0.29) is 5.78 Å². The molecule has 0 N–H and O–H groups in total. The van der Waals surface area contributed by atoms with Crippen LogP contribution in [0.4, 0.5) is 0 Å². The first-order valence-electron chi connectivity index (χ1n) is 6.83. The molecule has 1 aromatic carbocycles. The maximum Gasteiger partial charge on any atom is 0.156 e. The summed E-state index contributed by atoms with van der Waals surface area (Å²) in [5, 5.41) is 0. The lowest BCUT2D eigenvalue weighted by Crippen LogP contribution is -2.31. The highest BCUT2D eigenvalue weighted by Crippen LogP contribution is 2.09. The average molecular weight is 243 g/mol. The third kappa shape index (κ3) is 4.46. The summed E-state index contributed by atoms with van der Waals surface area (Å²) >= 11 is 0. The molecular formula is C16H21NO. The van der Waals surface area contributed by atoms with Gasteiger partial charge in [-0.15, -0.1) is 0 Å².